The molecule has 0 saturated carbocycles. The molecule has 0 aliphatic rings. The minimum absolute atomic E-state index is 0.000644. The van der Waals surface area contributed by atoms with E-state index in [0.29, 0.717) is 0 Å². The molecule has 98 valence electrons. The molecule has 2 rings (SSSR count). The van der Waals surface area contributed by atoms with E-state index in [2.05, 4.69) is 40.5 Å². The first-order valence-corrected chi connectivity index (χ1v) is 6.71. The van der Waals surface area contributed by atoms with E-state index >= 15 is 0 Å². The van der Waals surface area contributed by atoms with Gasteiger partial charge in [0.1, 0.15) is 5.82 Å². The number of aryl methyl sites for hydroxylation is 2. The molecule has 0 fully saturated rings. The standard InChI is InChI=1S/C12H19N5S/c1-8-9(7-17(5)15-8)6-13-11-14-10(16-18-11)12(2,3)4/h7H,6H2,1-5H3,(H,13,14,16). The summed E-state index contributed by atoms with van der Waals surface area (Å²) in [6.07, 6.45) is 2.02. The number of aromatic nitrogens is 4. The molecule has 0 saturated heterocycles. The van der Waals surface area contributed by atoms with Gasteiger partial charge in [0.2, 0.25) is 5.13 Å². The number of nitrogens with one attached hydrogen (secondary N) is 1. The molecular weight excluding hydrogens is 246 g/mol. The molecule has 0 aliphatic carbocycles. The Morgan fingerprint density at radius 2 is 2.11 bits per heavy atom. The van der Waals surface area contributed by atoms with Crippen molar-refractivity contribution < 1.29 is 0 Å². The summed E-state index contributed by atoms with van der Waals surface area (Å²) in [5, 5.41) is 8.48. The quantitative estimate of drug-likeness (QED) is 0.926. The minimum Gasteiger partial charge on any atom is -0.356 e. The van der Waals surface area contributed by atoms with E-state index in [4.69, 9.17) is 0 Å². The molecule has 6 heteroatoms. The largest absolute Gasteiger partial charge is 0.356 e. The molecule has 0 aromatic carbocycles. The highest BCUT2D eigenvalue weighted by Gasteiger charge is 2.19. The maximum Gasteiger partial charge on any atom is 0.202 e. The second-order valence-corrected chi connectivity index (χ2v) is 6.19. The zero-order chi connectivity index (χ0) is 13.3. The zero-order valence-electron chi connectivity index (χ0n) is 11.5. The molecule has 0 radical (unpaired) electrons. The Morgan fingerprint density at radius 3 is 2.61 bits per heavy atom. The van der Waals surface area contributed by atoms with Crippen LogP contribution in [0.4, 0.5) is 5.13 Å². The summed E-state index contributed by atoms with van der Waals surface area (Å²) in [5.41, 5.74) is 2.23. The minimum atomic E-state index is 0.000644. The zero-order valence-corrected chi connectivity index (χ0v) is 12.3. The fourth-order valence-corrected chi connectivity index (χ4v) is 2.34. The van der Waals surface area contributed by atoms with Crippen molar-refractivity contribution in [2.75, 3.05) is 5.32 Å². The predicted molar refractivity (Wildman–Crippen MR) is 73.9 cm³/mol. The lowest BCUT2D eigenvalue weighted by atomic mass is 9.96. The Hall–Kier alpha value is -1.43. The van der Waals surface area contributed by atoms with Gasteiger partial charge in [-0.1, -0.05) is 20.8 Å². The monoisotopic (exact) mass is 265 g/mol. The van der Waals surface area contributed by atoms with Gasteiger partial charge in [-0.15, -0.1) is 0 Å². The second-order valence-electron chi connectivity index (χ2n) is 5.44. The lowest BCUT2D eigenvalue weighted by Gasteiger charge is -2.12. The molecule has 2 heterocycles. The molecule has 18 heavy (non-hydrogen) atoms. The average molecular weight is 265 g/mol. The van der Waals surface area contributed by atoms with Crippen molar-refractivity contribution in [1.82, 2.24) is 19.1 Å². The van der Waals surface area contributed by atoms with E-state index < -0.39 is 0 Å². The molecule has 1 N–H and O–H groups in total. The molecule has 0 atom stereocenters. The van der Waals surface area contributed by atoms with Gasteiger partial charge in [0.25, 0.3) is 0 Å². The van der Waals surface area contributed by atoms with Crippen LogP contribution in [0, 0.1) is 6.92 Å². The van der Waals surface area contributed by atoms with Crippen LogP contribution in [-0.2, 0) is 19.0 Å². The second kappa shape index (κ2) is 4.68. The summed E-state index contributed by atoms with van der Waals surface area (Å²) in [7, 11) is 1.93. The van der Waals surface area contributed by atoms with Gasteiger partial charge in [0.15, 0.2) is 0 Å². The average Bonchev–Trinajstić information content (AvgIpc) is 2.81. The smallest absolute Gasteiger partial charge is 0.202 e. The molecule has 0 spiro atoms. The first kappa shape index (κ1) is 13.0. The highest BCUT2D eigenvalue weighted by molar-refractivity contribution is 7.09. The number of nitrogens with zero attached hydrogens (tertiary/aromatic N) is 4. The molecular formula is C12H19N5S. The molecule has 5 nitrogen and oxygen atoms in total. The Bertz CT molecular complexity index is 535. The number of anilines is 1. The lowest BCUT2D eigenvalue weighted by molar-refractivity contribution is 0.555. The Labute approximate surface area is 111 Å². The van der Waals surface area contributed by atoms with Crippen LogP contribution in [0.5, 0.6) is 0 Å². The fourth-order valence-electron chi connectivity index (χ4n) is 1.59. The normalized spacial score (nSPS) is 11.8. The Kier molecular flexibility index (Phi) is 3.38. The maximum absolute atomic E-state index is 4.50. The van der Waals surface area contributed by atoms with Crippen LogP contribution in [0.2, 0.25) is 0 Å². The van der Waals surface area contributed by atoms with E-state index in [0.717, 1.165) is 23.2 Å². The van der Waals surface area contributed by atoms with E-state index in [-0.39, 0.29) is 5.41 Å². The highest BCUT2D eigenvalue weighted by Crippen LogP contribution is 2.23. The van der Waals surface area contributed by atoms with Gasteiger partial charge >= 0.3 is 0 Å². The Balaban J connectivity index is 2.03. The van der Waals surface area contributed by atoms with E-state index in [1.54, 1.807) is 0 Å². The molecule has 0 unspecified atom stereocenters. The van der Waals surface area contributed by atoms with Crippen LogP contribution in [-0.4, -0.2) is 19.1 Å². The molecule has 2 aromatic heterocycles. The number of hydrogen-bond donors (Lipinski definition) is 1. The van der Waals surface area contributed by atoms with Gasteiger partial charge < -0.3 is 5.32 Å². The van der Waals surface area contributed by atoms with Crippen LogP contribution in [0.25, 0.3) is 0 Å². The van der Waals surface area contributed by atoms with Crippen molar-refractivity contribution in [3.8, 4) is 0 Å². The number of rotatable bonds is 3. The third-order valence-electron chi connectivity index (χ3n) is 2.64. The van der Waals surface area contributed by atoms with Crippen molar-refractivity contribution in [1.29, 1.82) is 0 Å². The molecule has 2 aromatic rings. The van der Waals surface area contributed by atoms with Gasteiger partial charge in [0.05, 0.1) is 5.69 Å². The highest BCUT2D eigenvalue weighted by atomic mass is 32.1. The van der Waals surface area contributed by atoms with Gasteiger partial charge in [-0.3, -0.25) is 4.68 Å². The summed E-state index contributed by atoms with van der Waals surface area (Å²) >= 11 is 1.41. The van der Waals surface area contributed by atoms with Gasteiger partial charge in [-0.05, 0) is 6.92 Å². The van der Waals surface area contributed by atoms with Crippen LogP contribution in [0.1, 0.15) is 37.9 Å². The third kappa shape index (κ3) is 2.87. The topological polar surface area (TPSA) is 55.6 Å². The summed E-state index contributed by atoms with van der Waals surface area (Å²) in [4.78, 5) is 4.50. The number of hydrogen-bond acceptors (Lipinski definition) is 5. The first-order valence-electron chi connectivity index (χ1n) is 5.93. The molecule has 0 aliphatic heterocycles. The summed E-state index contributed by atoms with van der Waals surface area (Å²) in [6, 6.07) is 0. The van der Waals surface area contributed by atoms with Gasteiger partial charge in [0, 0.05) is 42.3 Å². The van der Waals surface area contributed by atoms with E-state index in [9.17, 15) is 0 Å². The van der Waals surface area contributed by atoms with Crippen LogP contribution < -0.4 is 5.32 Å². The lowest BCUT2D eigenvalue weighted by Crippen LogP contribution is -2.13. The first-order chi connectivity index (χ1) is 8.36. The van der Waals surface area contributed by atoms with E-state index in [1.165, 1.54) is 17.1 Å². The molecule has 0 amide bonds. The van der Waals surface area contributed by atoms with Crippen LogP contribution in [0.3, 0.4) is 0 Å². The van der Waals surface area contributed by atoms with Crippen molar-refractivity contribution in [2.45, 2.75) is 39.7 Å². The van der Waals surface area contributed by atoms with Gasteiger partial charge in [-0.25, -0.2) is 4.98 Å². The van der Waals surface area contributed by atoms with Crippen LogP contribution >= 0.6 is 11.5 Å². The van der Waals surface area contributed by atoms with Crippen molar-refractivity contribution in [3.05, 3.63) is 23.3 Å². The van der Waals surface area contributed by atoms with E-state index in [1.807, 2.05) is 24.9 Å². The SMILES string of the molecule is Cc1nn(C)cc1CNc1nc(C(C)(C)C)ns1. The van der Waals surface area contributed by atoms with Crippen molar-refractivity contribution >= 4 is 16.7 Å². The summed E-state index contributed by atoms with van der Waals surface area (Å²) < 4.78 is 6.20. The predicted octanol–water partition coefficient (Wildman–Crippen LogP) is 2.49. The Morgan fingerprint density at radius 1 is 1.39 bits per heavy atom. The summed E-state index contributed by atoms with van der Waals surface area (Å²) in [5.74, 6) is 0.887. The summed E-state index contributed by atoms with van der Waals surface area (Å²) in [6.45, 7) is 9.09. The van der Waals surface area contributed by atoms with Crippen molar-refractivity contribution in [3.63, 3.8) is 0 Å². The third-order valence-corrected chi connectivity index (χ3v) is 3.31. The van der Waals surface area contributed by atoms with Crippen molar-refractivity contribution in [2.24, 2.45) is 7.05 Å². The fraction of sp³-hybridized carbons (Fsp3) is 0.583. The van der Waals surface area contributed by atoms with Crippen LogP contribution in [0.15, 0.2) is 6.20 Å². The molecule has 0 bridgehead atoms. The van der Waals surface area contributed by atoms with Gasteiger partial charge in [-0.2, -0.15) is 9.47 Å². The maximum atomic E-state index is 4.50.